The number of benzene rings is 1. The van der Waals surface area contributed by atoms with Gasteiger partial charge < -0.3 is 9.84 Å². The molecule has 1 aliphatic heterocycles. The van der Waals surface area contributed by atoms with E-state index in [-0.39, 0.29) is 11.9 Å². The van der Waals surface area contributed by atoms with E-state index >= 15 is 0 Å². The van der Waals surface area contributed by atoms with Gasteiger partial charge in [-0.15, -0.1) is 0 Å². The molecule has 1 N–H and O–H groups in total. The molecule has 1 saturated heterocycles. The van der Waals surface area contributed by atoms with Crippen molar-refractivity contribution in [1.29, 1.82) is 0 Å². The zero-order valence-corrected chi connectivity index (χ0v) is 14.8. The van der Waals surface area contributed by atoms with Gasteiger partial charge in [-0.25, -0.2) is 0 Å². The molecule has 6 nitrogen and oxygen atoms in total. The summed E-state index contributed by atoms with van der Waals surface area (Å²) in [6.07, 6.45) is 5.65. The van der Waals surface area contributed by atoms with Crippen LogP contribution in [0, 0.1) is 0 Å². The van der Waals surface area contributed by atoms with Crippen LogP contribution in [-0.2, 0) is 17.6 Å². The zero-order chi connectivity index (χ0) is 17.5. The Balaban J connectivity index is 1.45. The van der Waals surface area contributed by atoms with E-state index in [1.54, 1.807) is 0 Å². The molecule has 6 heteroatoms. The number of nitrogens with zero attached hydrogens (tertiary/aromatic N) is 3. The molecule has 0 bridgehead atoms. The summed E-state index contributed by atoms with van der Waals surface area (Å²) in [5, 5.41) is 7.03. The maximum absolute atomic E-state index is 12.4. The highest BCUT2D eigenvalue weighted by atomic mass is 16.5. The van der Waals surface area contributed by atoms with Crippen LogP contribution < -0.4 is 5.32 Å². The van der Waals surface area contributed by atoms with E-state index in [1.807, 2.05) is 37.4 Å². The topological polar surface area (TPSA) is 71.3 Å². The normalized spacial score (nSPS) is 18.7. The molecule has 2 aromatic rings. The molecule has 2 heterocycles. The SMILES string of the molecule is CN1CCCCC[C@@H]1C(=O)NCCc1nc(Cc2ccccc2)no1. The smallest absolute Gasteiger partial charge is 0.237 e. The Hall–Kier alpha value is -2.21. The maximum atomic E-state index is 12.4. The summed E-state index contributed by atoms with van der Waals surface area (Å²) in [5.41, 5.74) is 1.15. The third-order valence-corrected chi connectivity index (χ3v) is 4.68. The molecule has 0 aliphatic carbocycles. The molecule has 0 radical (unpaired) electrons. The highest BCUT2D eigenvalue weighted by Crippen LogP contribution is 2.15. The summed E-state index contributed by atoms with van der Waals surface area (Å²) < 4.78 is 5.28. The van der Waals surface area contributed by atoms with Crippen molar-refractivity contribution in [3.05, 3.63) is 47.6 Å². The summed E-state index contributed by atoms with van der Waals surface area (Å²) in [6.45, 7) is 1.51. The van der Waals surface area contributed by atoms with E-state index in [0.717, 1.165) is 24.9 Å². The number of likely N-dealkylation sites (N-methyl/N-ethyl adjacent to an activating group) is 1. The fraction of sp³-hybridized carbons (Fsp3) is 0.526. The monoisotopic (exact) mass is 342 g/mol. The Labute approximate surface area is 148 Å². The average Bonchev–Trinajstić information content (AvgIpc) is 2.94. The quantitative estimate of drug-likeness (QED) is 0.871. The van der Waals surface area contributed by atoms with Gasteiger partial charge in [-0.05, 0) is 32.0 Å². The van der Waals surface area contributed by atoms with Crippen molar-refractivity contribution in [3.8, 4) is 0 Å². The number of carbonyl (C=O) groups is 1. The summed E-state index contributed by atoms with van der Waals surface area (Å²) >= 11 is 0. The van der Waals surface area contributed by atoms with Crippen molar-refractivity contribution in [1.82, 2.24) is 20.4 Å². The molecule has 134 valence electrons. The Kier molecular flexibility index (Phi) is 6.17. The van der Waals surface area contributed by atoms with Gasteiger partial charge in [-0.3, -0.25) is 9.69 Å². The second kappa shape index (κ2) is 8.76. The van der Waals surface area contributed by atoms with Gasteiger partial charge in [-0.2, -0.15) is 4.98 Å². The summed E-state index contributed by atoms with van der Waals surface area (Å²) in [7, 11) is 2.03. The molecule has 1 aliphatic rings. The molecule has 1 amide bonds. The molecule has 0 saturated carbocycles. The number of rotatable bonds is 6. The zero-order valence-electron chi connectivity index (χ0n) is 14.8. The maximum Gasteiger partial charge on any atom is 0.237 e. The Morgan fingerprint density at radius 2 is 2.12 bits per heavy atom. The molecule has 0 unspecified atom stereocenters. The molecular weight excluding hydrogens is 316 g/mol. The number of hydrogen-bond acceptors (Lipinski definition) is 5. The largest absolute Gasteiger partial charge is 0.354 e. The number of hydrogen-bond donors (Lipinski definition) is 1. The first kappa shape index (κ1) is 17.6. The molecule has 1 fully saturated rings. The summed E-state index contributed by atoms with van der Waals surface area (Å²) in [4.78, 5) is 18.9. The van der Waals surface area contributed by atoms with Gasteiger partial charge in [-0.1, -0.05) is 48.3 Å². The van der Waals surface area contributed by atoms with E-state index in [0.29, 0.717) is 31.1 Å². The standard InChI is InChI=1S/C19H26N4O2/c1-23-13-7-3-6-10-16(23)19(24)20-12-11-18-21-17(22-25-18)14-15-8-4-2-5-9-15/h2,4-5,8-9,16H,3,6-7,10-14H2,1H3,(H,20,24)/t16-/m1/s1. The lowest BCUT2D eigenvalue weighted by Gasteiger charge is -2.24. The van der Waals surface area contributed by atoms with Gasteiger partial charge in [0.1, 0.15) is 0 Å². The van der Waals surface area contributed by atoms with E-state index in [9.17, 15) is 4.79 Å². The minimum atomic E-state index is -0.0150. The predicted molar refractivity (Wildman–Crippen MR) is 95.1 cm³/mol. The fourth-order valence-corrected chi connectivity index (χ4v) is 3.24. The Bertz CT molecular complexity index is 671. The van der Waals surface area contributed by atoms with Gasteiger partial charge in [0.25, 0.3) is 0 Å². The van der Waals surface area contributed by atoms with Gasteiger partial charge >= 0.3 is 0 Å². The van der Waals surface area contributed by atoms with Crippen LogP contribution in [0.25, 0.3) is 0 Å². The summed E-state index contributed by atoms with van der Waals surface area (Å²) in [6, 6.07) is 10.0. The number of carbonyl (C=O) groups excluding carboxylic acids is 1. The highest BCUT2D eigenvalue weighted by molar-refractivity contribution is 5.81. The van der Waals surface area contributed by atoms with Crippen LogP contribution in [0.1, 0.15) is 43.0 Å². The van der Waals surface area contributed by atoms with Crippen molar-refractivity contribution in [2.24, 2.45) is 0 Å². The van der Waals surface area contributed by atoms with Gasteiger partial charge in [0, 0.05) is 19.4 Å². The van der Waals surface area contributed by atoms with Crippen molar-refractivity contribution >= 4 is 5.91 Å². The number of aromatic nitrogens is 2. The summed E-state index contributed by atoms with van der Waals surface area (Å²) in [5.74, 6) is 1.35. The second-order valence-corrected chi connectivity index (χ2v) is 6.65. The molecule has 3 rings (SSSR count). The van der Waals surface area contributed by atoms with E-state index in [4.69, 9.17) is 4.52 Å². The van der Waals surface area contributed by atoms with Crippen LogP contribution in [0.2, 0.25) is 0 Å². The average molecular weight is 342 g/mol. The highest BCUT2D eigenvalue weighted by Gasteiger charge is 2.24. The Morgan fingerprint density at radius 1 is 1.28 bits per heavy atom. The van der Waals surface area contributed by atoms with Gasteiger partial charge in [0.2, 0.25) is 11.8 Å². The molecule has 25 heavy (non-hydrogen) atoms. The van der Waals surface area contributed by atoms with E-state index in [2.05, 4.69) is 20.4 Å². The first-order valence-corrected chi connectivity index (χ1v) is 9.06. The lowest BCUT2D eigenvalue weighted by atomic mass is 10.1. The lowest BCUT2D eigenvalue weighted by Crippen LogP contribution is -2.45. The lowest BCUT2D eigenvalue weighted by molar-refractivity contribution is -0.126. The molecule has 1 atom stereocenters. The van der Waals surface area contributed by atoms with Crippen LogP contribution in [0.3, 0.4) is 0 Å². The third-order valence-electron chi connectivity index (χ3n) is 4.68. The molecule has 0 spiro atoms. The molecule has 1 aromatic heterocycles. The van der Waals surface area contributed by atoms with Gasteiger partial charge in [0.05, 0.1) is 6.04 Å². The van der Waals surface area contributed by atoms with Crippen molar-refractivity contribution in [2.45, 2.75) is 44.6 Å². The van der Waals surface area contributed by atoms with Crippen LogP contribution in [0.15, 0.2) is 34.9 Å². The predicted octanol–water partition coefficient (Wildman–Crippen LogP) is 2.19. The van der Waals surface area contributed by atoms with Crippen LogP contribution in [-0.4, -0.2) is 47.1 Å². The minimum Gasteiger partial charge on any atom is -0.354 e. The molecule has 1 aromatic carbocycles. The van der Waals surface area contributed by atoms with Crippen LogP contribution in [0.5, 0.6) is 0 Å². The fourth-order valence-electron chi connectivity index (χ4n) is 3.24. The van der Waals surface area contributed by atoms with Crippen molar-refractivity contribution in [3.63, 3.8) is 0 Å². The molecular formula is C19H26N4O2. The Morgan fingerprint density at radius 3 is 2.96 bits per heavy atom. The van der Waals surface area contributed by atoms with Crippen molar-refractivity contribution < 1.29 is 9.32 Å². The second-order valence-electron chi connectivity index (χ2n) is 6.65. The number of amides is 1. The van der Waals surface area contributed by atoms with Gasteiger partial charge in [0.15, 0.2) is 5.82 Å². The minimum absolute atomic E-state index is 0.0150. The van der Waals surface area contributed by atoms with Crippen LogP contribution in [0.4, 0.5) is 0 Å². The van der Waals surface area contributed by atoms with E-state index in [1.165, 1.54) is 12.8 Å². The van der Waals surface area contributed by atoms with Crippen molar-refractivity contribution in [2.75, 3.05) is 20.1 Å². The third kappa shape index (κ3) is 5.13. The first-order valence-electron chi connectivity index (χ1n) is 9.06. The van der Waals surface area contributed by atoms with E-state index < -0.39 is 0 Å². The first-order chi connectivity index (χ1) is 12.2. The number of nitrogens with one attached hydrogen (secondary N) is 1. The number of likely N-dealkylation sites (tertiary alicyclic amines) is 1. The van der Waals surface area contributed by atoms with Crippen LogP contribution >= 0.6 is 0 Å².